The Morgan fingerprint density at radius 1 is 1.22 bits per heavy atom. The predicted molar refractivity (Wildman–Crippen MR) is 76.6 cm³/mol. The molecule has 18 heavy (non-hydrogen) atoms. The summed E-state index contributed by atoms with van der Waals surface area (Å²) >= 11 is 0. The largest absolute Gasteiger partial charge is 0.544 e. The molecular formula is C12H20ClNO3Si. The van der Waals surface area contributed by atoms with E-state index in [0.717, 1.165) is 11.3 Å². The summed E-state index contributed by atoms with van der Waals surface area (Å²) in [5.74, 6) is 0.369. The van der Waals surface area contributed by atoms with Crippen molar-refractivity contribution in [1.82, 2.24) is 0 Å². The van der Waals surface area contributed by atoms with Gasteiger partial charge in [-0.3, -0.25) is 4.79 Å². The maximum absolute atomic E-state index is 11.3. The Bertz CT molecular complexity index is 389. The molecule has 0 aliphatic carbocycles. The molecule has 0 aliphatic rings. The molecule has 1 aromatic carbocycles. The van der Waals surface area contributed by atoms with Crippen LogP contribution in [0.3, 0.4) is 0 Å². The van der Waals surface area contributed by atoms with Crippen LogP contribution in [0.15, 0.2) is 24.3 Å². The van der Waals surface area contributed by atoms with Gasteiger partial charge in [0, 0.05) is 0 Å². The number of hydrogen-bond acceptors (Lipinski definition) is 4. The van der Waals surface area contributed by atoms with Crippen LogP contribution in [0, 0.1) is 0 Å². The molecule has 0 fully saturated rings. The van der Waals surface area contributed by atoms with Gasteiger partial charge in [-0.15, -0.1) is 12.4 Å². The van der Waals surface area contributed by atoms with Crippen LogP contribution in [0.4, 0.5) is 0 Å². The fourth-order valence-corrected chi connectivity index (χ4v) is 2.20. The number of carbonyl (C=O) groups excluding carboxylic acids is 1. The fourth-order valence-electron chi connectivity index (χ4n) is 1.36. The molecule has 1 atom stereocenters. The van der Waals surface area contributed by atoms with E-state index in [-0.39, 0.29) is 12.4 Å². The molecule has 0 spiro atoms. The summed E-state index contributed by atoms with van der Waals surface area (Å²) in [7, 11) is -0.270. The molecule has 0 aromatic heterocycles. The van der Waals surface area contributed by atoms with Crippen molar-refractivity contribution in [2.45, 2.75) is 25.7 Å². The van der Waals surface area contributed by atoms with E-state index in [9.17, 15) is 4.79 Å². The van der Waals surface area contributed by atoms with Gasteiger partial charge in [0.15, 0.2) is 0 Å². The van der Waals surface area contributed by atoms with Crippen LogP contribution in [-0.4, -0.2) is 21.4 Å². The van der Waals surface area contributed by atoms with Gasteiger partial charge in [-0.25, -0.2) is 0 Å². The predicted octanol–water partition coefficient (Wildman–Crippen LogP) is 2.49. The van der Waals surface area contributed by atoms with E-state index in [2.05, 4.69) is 24.4 Å². The third-order valence-corrected chi connectivity index (χ3v) is 2.97. The quantitative estimate of drug-likeness (QED) is 0.683. The van der Waals surface area contributed by atoms with Crippen molar-refractivity contribution < 1.29 is 14.0 Å². The standard InChI is InChI=1S/C12H19NO3Si.ClH/c1-15-12(14)11(13)9-5-7-10(8-6-9)16-17(2,3)4;/h5-8,11H,13H2,1-4H3;1H/t11-;/m1./s1. The highest BCUT2D eigenvalue weighted by Crippen LogP contribution is 2.19. The summed E-state index contributed by atoms with van der Waals surface area (Å²) in [6.45, 7) is 6.34. The summed E-state index contributed by atoms with van der Waals surface area (Å²) in [6, 6.07) is 6.50. The first-order valence-electron chi connectivity index (χ1n) is 5.46. The Morgan fingerprint density at radius 2 is 1.72 bits per heavy atom. The Kier molecular flexibility index (Phi) is 6.38. The average Bonchev–Trinajstić information content (AvgIpc) is 2.26. The molecule has 2 N–H and O–H groups in total. The average molecular weight is 290 g/mol. The van der Waals surface area contributed by atoms with Gasteiger partial charge in [-0.05, 0) is 37.3 Å². The molecule has 0 saturated carbocycles. The summed E-state index contributed by atoms with van der Waals surface area (Å²) in [6.07, 6.45) is 0. The smallest absolute Gasteiger partial charge is 0.327 e. The number of halogens is 1. The van der Waals surface area contributed by atoms with Crippen LogP contribution >= 0.6 is 12.4 Å². The zero-order chi connectivity index (χ0) is 13.1. The summed E-state index contributed by atoms with van der Waals surface area (Å²) in [4.78, 5) is 11.3. The summed E-state index contributed by atoms with van der Waals surface area (Å²) in [5.41, 5.74) is 6.44. The zero-order valence-corrected chi connectivity index (χ0v) is 12.9. The molecule has 1 aromatic rings. The van der Waals surface area contributed by atoms with E-state index in [1.165, 1.54) is 7.11 Å². The first-order valence-corrected chi connectivity index (χ1v) is 8.87. The first kappa shape index (κ1) is 17.0. The van der Waals surface area contributed by atoms with Crippen molar-refractivity contribution in [3.63, 3.8) is 0 Å². The maximum atomic E-state index is 11.3. The molecule has 0 aliphatic heterocycles. The van der Waals surface area contributed by atoms with Crippen LogP contribution < -0.4 is 10.2 Å². The van der Waals surface area contributed by atoms with Crippen LogP contribution in [0.1, 0.15) is 11.6 Å². The fraction of sp³-hybridized carbons (Fsp3) is 0.417. The van der Waals surface area contributed by atoms with Crippen LogP contribution in [-0.2, 0) is 9.53 Å². The van der Waals surface area contributed by atoms with Crippen molar-refractivity contribution in [1.29, 1.82) is 0 Å². The lowest BCUT2D eigenvalue weighted by Gasteiger charge is -2.19. The van der Waals surface area contributed by atoms with Crippen LogP contribution in [0.5, 0.6) is 5.75 Å². The van der Waals surface area contributed by atoms with E-state index in [1.54, 1.807) is 12.1 Å². The molecule has 0 radical (unpaired) electrons. The van der Waals surface area contributed by atoms with Gasteiger partial charge in [0.1, 0.15) is 11.8 Å². The van der Waals surface area contributed by atoms with Gasteiger partial charge in [0.2, 0.25) is 8.32 Å². The molecule has 4 nitrogen and oxygen atoms in total. The van der Waals surface area contributed by atoms with Crippen molar-refractivity contribution >= 4 is 26.7 Å². The number of benzene rings is 1. The van der Waals surface area contributed by atoms with Crippen molar-refractivity contribution in [3.8, 4) is 5.75 Å². The summed E-state index contributed by atoms with van der Waals surface area (Å²) < 4.78 is 10.4. The minimum absolute atomic E-state index is 0. The molecule has 0 saturated heterocycles. The van der Waals surface area contributed by atoms with Gasteiger partial charge in [-0.2, -0.15) is 0 Å². The van der Waals surface area contributed by atoms with Gasteiger partial charge >= 0.3 is 5.97 Å². The molecule has 1 rings (SSSR count). The molecular weight excluding hydrogens is 270 g/mol. The highest BCUT2D eigenvalue weighted by Gasteiger charge is 2.18. The van der Waals surface area contributed by atoms with E-state index in [4.69, 9.17) is 10.2 Å². The van der Waals surface area contributed by atoms with Gasteiger partial charge in [-0.1, -0.05) is 12.1 Å². The number of rotatable bonds is 4. The van der Waals surface area contributed by atoms with E-state index < -0.39 is 20.3 Å². The monoisotopic (exact) mass is 289 g/mol. The number of esters is 1. The van der Waals surface area contributed by atoms with Crippen molar-refractivity contribution in [3.05, 3.63) is 29.8 Å². The Labute approximate surface area is 115 Å². The molecule has 0 bridgehead atoms. The molecule has 102 valence electrons. The second-order valence-electron chi connectivity index (χ2n) is 4.78. The highest BCUT2D eigenvalue weighted by molar-refractivity contribution is 6.70. The Balaban J connectivity index is 0.00000289. The number of carbonyl (C=O) groups is 1. The number of nitrogens with two attached hydrogens (primary N) is 1. The Hall–Kier alpha value is -1.04. The minimum Gasteiger partial charge on any atom is -0.544 e. The lowest BCUT2D eigenvalue weighted by Crippen LogP contribution is -2.29. The van der Waals surface area contributed by atoms with Gasteiger partial charge < -0.3 is 14.9 Å². The lowest BCUT2D eigenvalue weighted by molar-refractivity contribution is -0.142. The van der Waals surface area contributed by atoms with E-state index >= 15 is 0 Å². The summed E-state index contributed by atoms with van der Waals surface area (Å²) in [5, 5.41) is 0. The van der Waals surface area contributed by atoms with Gasteiger partial charge in [0.05, 0.1) is 7.11 Å². The Morgan fingerprint density at radius 3 is 2.11 bits per heavy atom. The van der Waals surface area contributed by atoms with Crippen LogP contribution in [0.25, 0.3) is 0 Å². The van der Waals surface area contributed by atoms with Crippen molar-refractivity contribution in [2.24, 2.45) is 5.73 Å². The number of ether oxygens (including phenoxy) is 1. The zero-order valence-electron chi connectivity index (χ0n) is 11.1. The first-order chi connectivity index (χ1) is 7.83. The van der Waals surface area contributed by atoms with Gasteiger partial charge in [0.25, 0.3) is 0 Å². The molecule has 0 amide bonds. The SMILES string of the molecule is COC(=O)[C@H](N)c1ccc(O[Si](C)(C)C)cc1.Cl. The third-order valence-electron chi connectivity index (χ3n) is 2.12. The number of methoxy groups -OCH3 is 1. The molecule has 6 heteroatoms. The van der Waals surface area contributed by atoms with E-state index in [1.807, 2.05) is 12.1 Å². The number of hydrogen-bond donors (Lipinski definition) is 1. The second kappa shape index (κ2) is 6.77. The lowest BCUT2D eigenvalue weighted by atomic mass is 10.1. The third kappa shape index (κ3) is 5.08. The van der Waals surface area contributed by atoms with Crippen molar-refractivity contribution in [2.75, 3.05) is 7.11 Å². The topological polar surface area (TPSA) is 61.5 Å². The molecule has 0 unspecified atom stereocenters. The minimum atomic E-state index is -1.59. The van der Waals surface area contributed by atoms with E-state index in [0.29, 0.717) is 0 Å². The van der Waals surface area contributed by atoms with Crippen LogP contribution in [0.2, 0.25) is 19.6 Å². The molecule has 0 heterocycles. The normalized spacial score (nSPS) is 12.3. The highest BCUT2D eigenvalue weighted by atomic mass is 35.5. The second-order valence-corrected chi connectivity index (χ2v) is 9.21. The maximum Gasteiger partial charge on any atom is 0.327 e.